The molecule has 0 bridgehead atoms. The predicted molar refractivity (Wildman–Crippen MR) is 123 cm³/mol. The van der Waals surface area contributed by atoms with Gasteiger partial charge in [0.25, 0.3) is 0 Å². The van der Waals surface area contributed by atoms with Gasteiger partial charge in [-0.1, -0.05) is 24.3 Å². The van der Waals surface area contributed by atoms with E-state index in [0.29, 0.717) is 13.0 Å². The van der Waals surface area contributed by atoms with E-state index in [1.807, 2.05) is 24.3 Å². The van der Waals surface area contributed by atoms with E-state index >= 15 is 0 Å². The van der Waals surface area contributed by atoms with E-state index in [2.05, 4.69) is 49.7 Å². The number of fused-ring (bicyclic) bond motifs is 1. The molecule has 0 aromatic heterocycles. The van der Waals surface area contributed by atoms with Gasteiger partial charge in [0.05, 0.1) is 5.69 Å². The lowest BCUT2D eigenvalue weighted by Crippen LogP contribution is -2.49. The zero-order chi connectivity index (χ0) is 21.0. The van der Waals surface area contributed by atoms with Crippen molar-refractivity contribution in [2.45, 2.75) is 54.2 Å². The Morgan fingerprint density at radius 1 is 1.21 bits per heavy atom. The Hall–Kier alpha value is -1.92. The highest BCUT2D eigenvalue weighted by Gasteiger charge is 2.36. The van der Waals surface area contributed by atoms with Gasteiger partial charge < -0.3 is 5.32 Å². The van der Waals surface area contributed by atoms with E-state index in [-0.39, 0.29) is 16.6 Å². The second-order valence-electron chi connectivity index (χ2n) is 7.84. The minimum Gasteiger partial charge on any atom is -0.354 e. The molecule has 1 N–H and O–H groups in total. The van der Waals surface area contributed by atoms with Gasteiger partial charge >= 0.3 is 0 Å². The van der Waals surface area contributed by atoms with Crippen molar-refractivity contribution < 1.29 is 9.59 Å². The Kier molecular flexibility index (Phi) is 6.96. The zero-order valence-corrected chi connectivity index (χ0v) is 19.0. The molecule has 0 aliphatic carbocycles. The van der Waals surface area contributed by atoms with Crippen LogP contribution in [0.4, 0.5) is 5.69 Å². The van der Waals surface area contributed by atoms with E-state index < -0.39 is 6.04 Å². The molecule has 0 radical (unpaired) electrons. The normalized spacial score (nSPS) is 16.7. The number of hydrogen-bond acceptors (Lipinski definition) is 4. The van der Waals surface area contributed by atoms with Gasteiger partial charge in [0.1, 0.15) is 6.04 Å². The molecule has 29 heavy (non-hydrogen) atoms. The van der Waals surface area contributed by atoms with Crippen LogP contribution in [0.2, 0.25) is 0 Å². The van der Waals surface area contributed by atoms with Gasteiger partial charge in [-0.2, -0.15) is 0 Å². The Labute approximate surface area is 181 Å². The largest absolute Gasteiger partial charge is 0.354 e. The first kappa shape index (κ1) is 21.8. The molecule has 2 aromatic rings. The summed E-state index contributed by atoms with van der Waals surface area (Å²) in [7, 11) is 0. The summed E-state index contributed by atoms with van der Waals surface area (Å²) in [5, 5.41) is 3.00. The number of nitrogens with zero attached hydrogens (tertiary/aromatic N) is 1. The Bertz CT molecular complexity index is 881. The monoisotopic (exact) mass is 428 g/mol. The second kappa shape index (κ2) is 9.26. The van der Waals surface area contributed by atoms with E-state index in [9.17, 15) is 9.59 Å². The first-order valence-corrected chi connectivity index (χ1v) is 11.9. The first-order chi connectivity index (χ1) is 13.8. The Balaban J connectivity index is 1.68. The third kappa shape index (κ3) is 5.37. The maximum atomic E-state index is 13.0. The molecule has 6 heteroatoms. The fraction of sp³-hybridized carbons (Fsp3) is 0.391. The van der Waals surface area contributed by atoms with Gasteiger partial charge in [-0.05, 0) is 63.3 Å². The SMILES string of the molecule is CSc1ccc(CCNC(=O)C(C)N2C(=O)CC(C)(C)Sc3ccccc32)cc1. The smallest absolute Gasteiger partial charge is 0.242 e. The molecule has 1 aliphatic heterocycles. The van der Waals surface area contributed by atoms with Crippen LogP contribution in [0.3, 0.4) is 0 Å². The van der Waals surface area contributed by atoms with Crippen molar-refractivity contribution in [3.05, 3.63) is 54.1 Å². The van der Waals surface area contributed by atoms with Crippen LogP contribution >= 0.6 is 23.5 Å². The summed E-state index contributed by atoms with van der Waals surface area (Å²) in [5.74, 6) is -0.138. The summed E-state index contributed by atoms with van der Waals surface area (Å²) in [6.07, 6.45) is 3.21. The number of para-hydroxylation sites is 1. The van der Waals surface area contributed by atoms with Crippen LogP contribution in [0.25, 0.3) is 0 Å². The van der Waals surface area contributed by atoms with Gasteiger partial charge in [0.2, 0.25) is 11.8 Å². The van der Waals surface area contributed by atoms with Gasteiger partial charge in [-0.15, -0.1) is 23.5 Å². The van der Waals surface area contributed by atoms with Gasteiger partial charge in [-0.25, -0.2) is 0 Å². The molecule has 0 spiro atoms. The summed E-state index contributed by atoms with van der Waals surface area (Å²) in [6, 6.07) is 15.7. The molecule has 0 saturated carbocycles. The van der Waals surface area contributed by atoms with Crippen molar-refractivity contribution in [2.24, 2.45) is 0 Å². The lowest BCUT2D eigenvalue weighted by molar-refractivity contribution is -0.126. The van der Waals surface area contributed by atoms with Crippen molar-refractivity contribution in [2.75, 3.05) is 17.7 Å². The summed E-state index contributed by atoms with van der Waals surface area (Å²) in [5.41, 5.74) is 2.01. The van der Waals surface area contributed by atoms with Gasteiger partial charge in [-0.3, -0.25) is 14.5 Å². The summed E-state index contributed by atoms with van der Waals surface area (Å²) < 4.78 is -0.207. The standard InChI is InChI=1S/C23H28N2O2S2/c1-16(22(27)24-14-13-17-9-11-18(28-4)12-10-17)25-19-7-5-6-8-20(19)29-23(2,3)15-21(25)26/h5-12,16H,13-15H2,1-4H3,(H,24,27). The molecule has 0 fully saturated rings. The van der Waals surface area contributed by atoms with Crippen LogP contribution in [0, 0.1) is 0 Å². The molecule has 1 heterocycles. The number of nitrogens with one attached hydrogen (secondary N) is 1. The van der Waals surface area contributed by atoms with Crippen molar-refractivity contribution in [3.63, 3.8) is 0 Å². The molecule has 3 rings (SSSR count). The van der Waals surface area contributed by atoms with Crippen LogP contribution in [0.1, 0.15) is 32.8 Å². The average Bonchev–Trinajstić information content (AvgIpc) is 2.79. The molecule has 154 valence electrons. The van der Waals surface area contributed by atoms with E-state index in [4.69, 9.17) is 0 Å². The molecule has 4 nitrogen and oxygen atoms in total. The highest BCUT2D eigenvalue weighted by atomic mass is 32.2. The van der Waals surface area contributed by atoms with Gasteiger partial charge in [0, 0.05) is 27.5 Å². The fourth-order valence-electron chi connectivity index (χ4n) is 3.47. The Morgan fingerprint density at radius 2 is 1.90 bits per heavy atom. The third-order valence-electron chi connectivity index (χ3n) is 5.00. The number of thioether (sulfide) groups is 2. The van der Waals surface area contributed by atoms with Crippen molar-refractivity contribution in [1.82, 2.24) is 5.32 Å². The minimum atomic E-state index is -0.558. The van der Waals surface area contributed by atoms with Crippen LogP contribution in [0.15, 0.2) is 58.3 Å². The molecule has 1 unspecified atom stereocenters. The van der Waals surface area contributed by atoms with Crippen molar-refractivity contribution in [3.8, 4) is 0 Å². The molecule has 1 aliphatic rings. The number of amides is 2. The number of carbonyl (C=O) groups is 2. The van der Waals surface area contributed by atoms with Crippen LogP contribution in [0.5, 0.6) is 0 Å². The summed E-state index contributed by atoms with van der Waals surface area (Å²) in [4.78, 5) is 29.8. The number of carbonyl (C=O) groups excluding carboxylic acids is 2. The van der Waals surface area contributed by atoms with Crippen LogP contribution < -0.4 is 10.2 Å². The summed E-state index contributed by atoms with van der Waals surface area (Å²) >= 11 is 3.41. The fourth-order valence-corrected chi connectivity index (χ4v) is 5.09. The molecule has 0 saturated heterocycles. The number of anilines is 1. The molecular formula is C23H28N2O2S2. The third-order valence-corrected chi connectivity index (χ3v) is 7.00. The highest BCUT2D eigenvalue weighted by Crippen LogP contribution is 2.44. The second-order valence-corrected chi connectivity index (χ2v) is 10.5. The van der Waals surface area contributed by atoms with Gasteiger partial charge in [0.15, 0.2) is 0 Å². The number of benzene rings is 2. The van der Waals surface area contributed by atoms with E-state index in [0.717, 1.165) is 17.0 Å². The van der Waals surface area contributed by atoms with E-state index in [1.165, 1.54) is 10.5 Å². The maximum absolute atomic E-state index is 13.0. The minimum absolute atomic E-state index is 0.0113. The number of hydrogen-bond donors (Lipinski definition) is 1. The van der Waals surface area contributed by atoms with Crippen LogP contribution in [-0.4, -0.2) is 35.4 Å². The lowest BCUT2D eigenvalue weighted by atomic mass is 10.1. The average molecular weight is 429 g/mol. The van der Waals surface area contributed by atoms with Crippen molar-refractivity contribution in [1.29, 1.82) is 0 Å². The lowest BCUT2D eigenvalue weighted by Gasteiger charge is -2.28. The van der Waals surface area contributed by atoms with Crippen molar-refractivity contribution >= 4 is 41.0 Å². The molecule has 2 amide bonds. The number of rotatable bonds is 6. The molecule has 1 atom stereocenters. The predicted octanol–water partition coefficient (Wildman–Crippen LogP) is 4.76. The first-order valence-electron chi connectivity index (χ1n) is 9.81. The Morgan fingerprint density at radius 3 is 2.59 bits per heavy atom. The zero-order valence-electron chi connectivity index (χ0n) is 17.4. The maximum Gasteiger partial charge on any atom is 0.242 e. The topological polar surface area (TPSA) is 49.4 Å². The van der Waals surface area contributed by atoms with Crippen LogP contribution in [-0.2, 0) is 16.0 Å². The highest BCUT2D eigenvalue weighted by molar-refractivity contribution is 8.00. The quantitative estimate of drug-likeness (QED) is 0.674. The molecule has 2 aromatic carbocycles. The summed E-state index contributed by atoms with van der Waals surface area (Å²) in [6.45, 7) is 6.50. The van der Waals surface area contributed by atoms with E-state index in [1.54, 1.807) is 35.3 Å². The molecular weight excluding hydrogens is 400 g/mol.